The topological polar surface area (TPSA) is 82.0 Å². The fourth-order valence-electron chi connectivity index (χ4n) is 3.67. The van der Waals surface area contributed by atoms with Gasteiger partial charge in [0.25, 0.3) is 0 Å². The van der Waals surface area contributed by atoms with Crippen LogP contribution in [0.3, 0.4) is 0 Å². The summed E-state index contributed by atoms with van der Waals surface area (Å²) >= 11 is 3.61. The van der Waals surface area contributed by atoms with Gasteiger partial charge in [-0.2, -0.15) is 20.1 Å². The van der Waals surface area contributed by atoms with Gasteiger partial charge in [-0.25, -0.2) is 5.43 Å². The first-order valence-corrected chi connectivity index (χ1v) is 11.5. The van der Waals surface area contributed by atoms with Crippen molar-refractivity contribution < 1.29 is 4.74 Å². The number of morpholine rings is 1. The van der Waals surface area contributed by atoms with Crippen LogP contribution in [0.5, 0.6) is 0 Å². The predicted molar refractivity (Wildman–Crippen MR) is 129 cm³/mol. The van der Waals surface area contributed by atoms with Crippen molar-refractivity contribution in [1.29, 1.82) is 0 Å². The molecule has 0 aliphatic carbocycles. The van der Waals surface area contributed by atoms with E-state index in [-0.39, 0.29) is 0 Å². The number of hydrazone groups is 1. The van der Waals surface area contributed by atoms with Crippen molar-refractivity contribution in [2.45, 2.75) is 19.3 Å². The maximum absolute atomic E-state index is 5.48. The molecule has 2 fully saturated rings. The minimum atomic E-state index is 0.456. The number of ether oxygens (including phenoxy) is 1. The molecule has 0 amide bonds. The van der Waals surface area contributed by atoms with Crippen molar-refractivity contribution in [1.82, 2.24) is 15.0 Å². The quantitative estimate of drug-likeness (QED) is 0.490. The number of aromatic nitrogens is 3. The van der Waals surface area contributed by atoms with Crippen molar-refractivity contribution in [3.05, 3.63) is 28.2 Å². The Balaban J connectivity index is 1.53. The van der Waals surface area contributed by atoms with E-state index in [0.717, 1.165) is 54.7 Å². The molecule has 2 aliphatic heterocycles. The standard InChI is InChI=1S/C21H29BrN8O/c1-28(2)18-7-6-16(14-17(18)22)15-23-27-19-24-20(29-8-4-3-5-9-29)26-21(25-19)30-10-12-31-13-11-30/h6-7,14-15H,3-5,8-13H2,1-2H3,(H,24,25,26,27)/b23-15+. The Kier molecular flexibility index (Phi) is 7.18. The number of nitrogens with zero attached hydrogens (tertiary/aromatic N) is 7. The predicted octanol–water partition coefficient (Wildman–Crippen LogP) is 2.97. The van der Waals surface area contributed by atoms with E-state index in [4.69, 9.17) is 9.72 Å². The van der Waals surface area contributed by atoms with Crippen LogP contribution in [0.25, 0.3) is 0 Å². The first kappa shape index (κ1) is 21.8. The number of rotatable bonds is 6. The van der Waals surface area contributed by atoms with Crippen LogP contribution in [-0.2, 0) is 4.74 Å². The molecule has 2 aliphatic rings. The van der Waals surface area contributed by atoms with Crippen molar-refractivity contribution in [3.8, 4) is 0 Å². The van der Waals surface area contributed by atoms with E-state index in [1.54, 1.807) is 6.21 Å². The number of benzene rings is 1. The van der Waals surface area contributed by atoms with E-state index < -0.39 is 0 Å². The van der Waals surface area contributed by atoms with Gasteiger partial charge < -0.3 is 19.4 Å². The molecule has 2 saturated heterocycles. The third kappa shape index (κ3) is 5.62. The first-order valence-electron chi connectivity index (χ1n) is 10.7. The second-order valence-corrected chi connectivity index (χ2v) is 8.74. The van der Waals surface area contributed by atoms with E-state index in [2.05, 4.69) is 57.2 Å². The largest absolute Gasteiger partial charge is 0.378 e. The maximum Gasteiger partial charge on any atom is 0.250 e. The summed E-state index contributed by atoms with van der Waals surface area (Å²) in [5.41, 5.74) is 5.10. The Morgan fingerprint density at radius 2 is 1.68 bits per heavy atom. The molecule has 4 rings (SSSR count). The van der Waals surface area contributed by atoms with Gasteiger partial charge in [0, 0.05) is 44.7 Å². The van der Waals surface area contributed by atoms with Crippen LogP contribution in [0.2, 0.25) is 0 Å². The fourth-order valence-corrected chi connectivity index (χ4v) is 4.43. The molecule has 0 atom stereocenters. The maximum atomic E-state index is 5.48. The van der Waals surface area contributed by atoms with E-state index in [9.17, 15) is 0 Å². The average molecular weight is 489 g/mol. The highest BCUT2D eigenvalue weighted by molar-refractivity contribution is 9.10. The lowest BCUT2D eigenvalue weighted by Crippen LogP contribution is -2.38. The number of nitrogens with one attached hydrogen (secondary N) is 1. The second kappa shape index (κ2) is 10.2. The molecule has 3 heterocycles. The number of anilines is 4. The number of hydrogen-bond acceptors (Lipinski definition) is 9. The lowest BCUT2D eigenvalue weighted by Gasteiger charge is -2.30. The zero-order valence-electron chi connectivity index (χ0n) is 18.1. The Morgan fingerprint density at radius 1 is 1.00 bits per heavy atom. The van der Waals surface area contributed by atoms with E-state index in [0.29, 0.717) is 31.1 Å². The monoisotopic (exact) mass is 488 g/mol. The smallest absolute Gasteiger partial charge is 0.250 e. The Hall–Kier alpha value is -2.46. The van der Waals surface area contributed by atoms with Crippen LogP contribution in [0.4, 0.5) is 23.5 Å². The molecule has 31 heavy (non-hydrogen) atoms. The minimum Gasteiger partial charge on any atom is -0.378 e. The van der Waals surface area contributed by atoms with Crippen molar-refractivity contribution in [2.24, 2.45) is 5.10 Å². The van der Waals surface area contributed by atoms with Gasteiger partial charge in [-0.3, -0.25) is 0 Å². The van der Waals surface area contributed by atoms with Crippen molar-refractivity contribution in [2.75, 3.05) is 73.6 Å². The molecule has 0 saturated carbocycles. The molecule has 2 aromatic rings. The van der Waals surface area contributed by atoms with Gasteiger partial charge in [0.15, 0.2) is 0 Å². The van der Waals surface area contributed by atoms with Crippen LogP contribution in [0, 0.1) is 0 Å². The number of hydrogen-bond donors (Lipinski definition) is 1. The molecule has 0 bridgehead atoms. The molecule has 0 spiro atoms. The molecule has 1 N–H and O–H groups in total. The molecule has 10 heteroatoms. The van der Waals surface area contributed by atoms with Gasteiger partial charge in [0.1, 0.15) is 0 Å². The third-order valence-corrected chi connectivity index (χ3v) is 6.01. The van der Waals surface area contributed by atoms with E-state index in [1.165, 1.54) is 6.42 Å². The SMILES string of the molecule is CN(C)c1ccc(/C=N/Nc2nc(N3CCCCC3)nc(N3CCOCC3)n2)cc1Br. The summed E-state index contributed by atoms with van der Waals surface area (Å²) in [6.45, 7) is 4.87. The number of halogens is 1. The van der Waals surface area contributed by atoms with Crippen molar-refractivity contribution in [3.63, 3.8) is 0 Å². The van der Waals surface area contributed by atoms with Crippen LogP contribution in [0.1, 0.15) is 24.8 Å². The van der Waals surface area contributed by atoms with Crippen molar-refractivity contribution >= 4 is 45.7 Å². The highest BCUT2D eigenvalue weighted by Gasteiger charge is 2.20. The summed E-state index contributed by atoms with van der Waals surface area (Å²) in [7, 11) is 4.03. The molecular weight excluding hydrogens is 460 g/mol. The van der Waals surface area contributed by atoms with Gasteiger partial charge in [-0.1, -0.05) is 6.07 Å². The molecule has 1 aromatic carbocycles. The second-order valence-electron chi connectivity index (χ2n) is 7.88. The highest BCUT2D eigenvalue weighted by atomic mass is 79.9. The normalized spacial score (nSPS) is 17.3. The summed E-state index contributed by atoms with van der Waals surface area (Å²) in [6, 6.07) is 6.11. The Bertz CT molecular complexity index is 874. The molecule has 1 aromatic heterocycles. The lowest BCUT2D eigenvalue weighted by atomic mass is 10.1. The molecular formula is C21H29BrN8O. The van der Waals surface area contributed by atoms with Gasteiger partial charge >= 0.3 is 0 Å². The Morgan fingerprint density at radius 3 is 2.32 bits per heavy atom. The van der Waals surface area contributed by atoms with Crippen LogP contribution in [-0.4, -0.2) is 74.7 Å². The lowest BCUT2D eigenvalue weighted by molar-refractivity contribution is 0.122. The zero-order chi connectivity index (χ0) is 21.6. The fraction of sp³-hybridized carbons (Fsp3) is 0.524. The molecule has 0 radical (unpaired) electrons. The van der Waals surface area contributed by atoms with Crippen LogP contribution in [0.15, 0.2) is 27.8 Å². The van der Waals surface area contributed by atoms with Gasteiger partial charge in [0.05, 0.1) is 25.1 Å². The third-order valence-electron chi connectivity index (χ3n) is 5.38. The van der Waals surface area contributed by atoms with Gasteiger partial charge in [0.2, 0.25) is 17.8 Å². The van der Waals surface area contributed by atoms with Crippen LogP contribution < -0.4 is 20.1 Å². The van der Waals surface area contributed by atoms with E-state index in [1.807, 2.05) is 26.2 Å². The summed E-state index contributed by atoms with van der Waals surface area (Å²) < 4.78 is 6.49. The van der Waals surface area contributed by atoms with Gasteiger partial charge in [-0.15, -0.1) is 0 Å². The highest BCUT2D eigenvalue weighted by Crippen LogP contribution is 2.25. The minimum absolute atomic E-state index is 0.456. The van der Waals surface area contributed by atoms with Gasteiger partial charge in [-0.05, 0) is 52.9 Å². The summed E-state index contributed by atoms with van der Waals surface area (Å²) in [5, 5.41) is 4.38. The number of piperidine rings is 1. The van der Waals surface area contributed by atoms with Crippen LogP contribution >= 0.6 is 15.9 Å². The zero-order valence-corrected chi connectivity index (χ0v) is 19.7. The molecule has 0 unspecified atom stereocenters. The first-order chi connectivity index (χ1) is 15.1. The molecule has 9 nitrogen and oxygen atoms in total. The Labute approximate surface area is 191 Å². The summed E-state index contributed by atoms with van der Waals surface area (Å²) in [6.07, 6.45) is 5.35. The van der Waals surface area contributed by atoms with E-state index >= 15 is 0 Å². The average Bonchev–Trinajstić information content (AvgIpc) is 2.80. The molecule has 166 valence electrons. The summed E-state index contributed by atoms with van der Waals surface area (Å²) in [4.78, 5) is 20.5. The summed E-state index contributed by atoms with van der Waals surface area (Å²) in [5.74, 6) is 1.85.